The number of hydrogen-bond acceptors (Lipinski definition) is 6. The van der Waals surface area contributed by atoms with Crippen LogP contribution in [0.4, 0.5) is 5.13 Å². The maximum atomic E-state index is 13.8. The monoisotopic (exact) mass is 579 g/mol. The van der Waals surface area contributed by atoms with Gasteiger partial charge in [-0.2, -0.15) is 4.31 Å². The van der Waals surface area contributed by atoms with E-state index in [4.69, 9.17) is 28.2 Å². The van der Waals surface area contributed by atoms with Crippen molar-refractivity contribution in [2.75, 3.05) is 18.0 Å². The zero-order chi connectivity index (χ0) is 25.4. The standard InChI is InChI=1S/C25H23Cl2N3O3S3/c1-16-19(26)7-8-20-23(16)28-25(34-20)30(15-17-5-3-2-4-6-17)24(31)18-11-13-29(14-12-18)36(32,33)22-10-9-21(27)35-22/h2-10,18H,11-15H2,1H3. The lowest BCUT2D eigenvalue weighted by molar-refractivity contribution is -0.123. The number of sulfonamides is 1. The molecule has 0 atom stereocenters. The Morgan fingerprint density at radius 2 is 1.78 bits per heavy atom. The van der Waals surface area contributed by atoms with Gasteiger partial charge in [0.25, 0.3) is 10.0 Å². The minimum atomic E-state index is -3.62. The van der Waals surface area contributed by atoms with Gasteiger partial charge < -0.3 is 0 Å². The van der Waals surface area contributed by atoms with Crippen molar-refractivity contribution in [2.24, 2.45) is 5.92 Å². The van der Waals surface area contributed by atoms with E-state index in [-0.39, 0.29) is 29.1 Å². The number of rotatable bonds is 6. The summed E-state index contributed by atoms with van der Waals surface area (Å²) >= 11 is 14.8. The lowest BCUT2D eigenvalue weighted by Crippen LogP contribution is -2.44. The van der Waals surface area contributed by atoms with Gasteiger partial charge in [0.2, 0.25) is 5.91 Å². The third-order valence-electron chi connectivity index (χ3n) is 6.36. The van der Waals surface area contributed by atoms with Gasteiger partial charge in [-0.1, -0.05) is 64.9 Å². The van der Waals surface area contributed by atoms with E-state index in [0.717, 1.165) is 32.7 Å². The summed E-state index contributed by atoms with van der Waals surface area (Å²) < 4.78 is 29.1. The van der Waals surface area contributed by atoms with Crippen molar-refractivity contribution >= 4 is 77.2 Å². The molecule has 1 aliphatic heterocycles. The smallest absolute Gasteiger partial charge is 0.252 e. The zero-order valence-corrected chi connectivity index (χ0v) is 23.3. The molecule has 0 N–H and O–H groups in total. The maximum absolute atomic E-state index is 13.8. The average Bonchev–Trinajstić information content (AvgIpc) is 3.52. The topological polar surface area (TPSA) is 70.6 Å². The number of amides is 1. The van der Waals surface area contributed by atoms with E-state index in [1.807, 2.05) is 49.4 Å². The fraction of sp³-hybridized carbons (Fsp3) is 0.280. The number of thiophene rings is 1. The fourth-order valence-electron chi connectivity index (χ4n) is 4.34. The van der Waals surface area contributed by atoms with Gasteiger partial charge >= 0.3 is 0 Å². The van der Waals surface area contributed by atoms with Gasteiger partial charge in [0.05, 0.1) is 21.1 Å². The van der Waals surface area contributed by atoms with Crippen molar-refractivity contribution in [2.45, 2.75) is 30.5 Å². The van der Waals surface area contributed by atoms with Crippen LogP contribution in [0.5, 0.6) is 0 Å². The molecule has 2 aromatic carbocycles. The van der Waals surface area contributed by atoms with Crippen LogP contribution in [0.15, 0.2) is 58.8 Å². The van der Waals surface area contributed by atoms with Crippen LogP contribution in [-0.2, 0) is 21.4 Å². The molecule has 0 aliphatic carbocycles. The number of carbonyl (C=O) groups is 1. The first-order valence-electron chi connectivity index (χ1n) is 11.4. The summed E-state index contributed by atoms with van der Waals surface area (Å²) in [4.78, 5) is 20.4. The quantitative estimate of drug-likeness (QED) is 0.258. The molecule has 1 saturated heterocycles. The molecule has 2 aromatic heterocycles. The highest BCUT2D eigenvalue weighted by molar-refractivity contribution is 7.91. The number of nitrogens with zero attached hydrogens (tertiary/aromatic N) is 3. The number of halogens is 2. The number of piperidine rings is 1. The van der Waals surface area contributed by atoms with Crippen molar-refractivity contribution in [3.05, 3.63) is 75.1 Å². The van der Waals surface area contributed by atoms with Gasteiger partial charge in [-0.05, 0) is 55.2 Å². The Hall–Kier alpha value is -2.01. The summed E-state index contributed by atoms with van der Waals surface area (Å²) in [6.45, 7) is 2.87. The van der Waals surface area contributed by atoms with Gasteiger partial charge in [0.15, 0.2) is 5.13 Å². The lowest BCUT2D eigenvalue weighted by atomic mass is 9.96. The molecule has 1 aliphatic rings. The molecule has 4 aromatic rings. The molecule has 5 rings (SSSR count). The van der Waals surface area contributed by atoms with Gasteiger partial charge in [-0.25, -0.2) is 13.4 Å². The first-order chi connectivity index (χ1) is 17.2. The number of benzene rings is 2. The molecular formula is C25H23Cl2N3O3S3. The molecule has 1 fully saturated rings. The van der Waals surface area contributed by atoms with Gasteiger partial charge in [0.1, 0.15) is 4.21 Å². The fourth-order valence-corrected chi connectivity index (χ4v) is 8.63. The number of aromatic nitrogens is 1. The Kier molecular flexibility index (Phi) is 7.40. The third kappa shape index (κ3) is 5.05. The minimum absolute atomic E-state index is 0.0436. The summed E-state index contributed by atoms with van der Waals surface area (Å²) in [5.74, 6) is -0.346. The largest absolute Gasteiger partial charge is 0.283 e. The van der Waals surface area contributed by atoms with Crippen LogP contribution < -0.4 is 4.90 Å². The molecule has 3 heterocycles. The highest BCUT2D eigenvalue weighted by atomic mass is 35.5. The average molecular weight is 581 g/mol. The Labute approximate surface area is 228 Å². The highest BCUT2D eigenvalue weighted by Gasteiger charge is 2.35. The molecule has 6 nitrogen and oxygen atoms in total. The normalized spacial score (nSPS) is 15.4. The minimum Gasteiger partial charge on any atom is -0.283 e. The van der Waals surface area contributed by atoms with E-state index < -0.39 is 10.0 Å². The summed E-state index contributed by atoms with van der Waals surface area (Å²) in [5.41, 5.74) is 2.68. The molecule has 0 radical (unpaired) electrons. The Balaban J connectivity index is 1.40. The molecule has 0 saturated carbocycles. The van der Waals surface area contributed by atoms with E-state index in [1.165, 1.54) is 21.7 Å². The van der Waals surface area contributed by atoms with E-state index in [0.29, 0.717) is 33.9 Å². The van der Waals surface area contributed by atoms with Crippen molar-refractivity contribution < 1.29 is 13.2 Å². The molecule has 11 heteroatoms. The number of aryl methyl sites for hydroxylation is 1. The lowest BCUT2D eigenvalue weighted by Gasteiger charge is -2.32. The Morgan fingerprint density at radius 3 is 2.44 bits per heavy atom. The van der Waals surface area contributed by atoms with Gasteiger partial charge in [-0.3, -0.25) is 9.69 Å². The molecule has 36 heavy (non-hydrogen) atoms. The van der Waals surface area contributed by atoms with Crippen LogP contribution in [0.25, 0.3) is 10.2 Å². The van der Waals surface area contributed by atoms with Crippen LogP contribution in [0.2, 0.25) is 9.36 Å². The van der Waals surface area contributed by atoms with Crippen molar-refractivity contribution in [1.82, 2.24) is 9.29 Å². The van der Waals surface area contributed by atoms with Crippen molar-refractivity contribution in [1.29, 1.82) is 0 Å². The van der Waals surface area contributed by atoms with E-state index in [9.17, 15) is 13.2 Å². The number of thiazole rings is 1. The maximum Gasteiger partial charge on any atom is 0.252 e. The summed E-state index contributed by atoms with van der Waals surface area (Å²) in [6.07, 6.45) is 0.885. The summed E-state index contributed by atoms with van der Waals surface area (Å²) in [5, 5.41) is 1.26. The van der Waals surface area contributed by atoms with E-state index >= 15 is 0 Å². The SMILES string of the molecule is Cc1c(Cl)ccc2sc(N(Cc3ccccc3)C(=O)C3CCN(S(=O)(=O)c4ccc(Cl)s4)CC3)nc12. The molecule has 0 spiro atoms. The molecule has 0 unspecified atom stereocenters. The van der Waals surface area contributed by atoms with Gasteiger partial charge in [0, 0.05) is 24.0 Å². The molecule has 0 bridgehead atoms. The zero-order valence-electron chi connectivity index (χ0n) is 19.4. The number of anilines is 1. The van der Waals surface area contributed by atoms with E-state index in [2.05, 4.69) is 0 Å². The second-order valence-electron chi connectivity index (χ2n) is 8.66. The molecular weight excluding hydrogens is 557 g/mol. The van der Waals surface area contributed by atoms with Crippen molar-refractivity contribution in [3.8, 4) is 0 Å². The number of fused-ring (bicyclic) bond motifs is 1. The van der Waals surface area contributed by atoms with Crippen LogP contribution in [0.1, 0.15) is 24.0 Å². The molecule has 188 valence electrons. The predicted octanol–water partition coefficient (Wildman–Crippen LogP) is 6.61. The molecule has 1 amide bonds. The van der Waals surface area contributed by atoms with Crippen LogP contribution >= 0.6 is 45.9 Å². The van der Waals surface area contributed by atoms with Gasteiger partial charge in [-0.15, -0.1) is 11.3 Å². The first kappa shape index (κ1) is 25.6. The van der Waals surface area contributed by atoms with Crippen molar-refractivity contribution in [3.63, 3.8) is 0 Å². The Morgan fingerprint density at radius 1 is 1.06 bits per heavy atom. The highest BCUT2D eigenvalue weighted by Crippen LogP contribution is 2.36. The van der Waals surface area contributed by atoms with Crippen LogP contribution in [0.3, 0.4) is 0 Å². The second kappa shape index (κ2) is 10.4. The summed E-state index contributed by atoms with van der Waals surface area (Å²) in [6, 6.07) is 16.7. The number of hydrogen-bond donors (Lipinski definition) is 0. The van der Waals surface area contributed by atoms with Crippen LogP contribution in [0, 0.1) is 12.8 Å². The predicted molar refractivity (Wildman–Crippen MR) is 148 cm³/mol. The Bertz CT molecular complexity index is 1510. The summed E-state index contributed by atoms with van der Waals surface area (Å²) in [7, 11) is -3.62. The third-order valence-corrected chi connectivity index (χ3v) is 11.4. The number of carbonyl (C=O) groups excluding carboxylic acids is 1. The first-order valence-corrected chi connectivity index (χ1v) is 15.2. The van der Waals surface area contributed by atoms with Crippen LogP contribution in [-0.4, -0.2) is 36.7 Å². The second-order valence-corrected chi connectivity index (χ2v) is 14.0. The van der Waals surface area contributed by atoms with E-state index in [1.54, 1.807) is 11.0 Å².